The Labute approximate surface area is 97.4 Å². The molecule has 4 bridgehead atoms. The highest BCUT2D eigenvalue weighted by molar-refractivity contribution is 5.76. The second-order valence-electron chi connectivity index (χ2n) is 6.70. The largest absolute Gasteiger partial charge is 0.481 e. The molecule has 0 heterocycles. The van der Waals surface area contributed by atoms with Crippen LogP contribution in [0.4, 0.5) is 0 Å². The van der Waals surface area contributed by atoms with E-state index >= 15 is 0 Å². The third-order valence-corrected chi connectivity index (χ3v) is 5.81. The zero-order valence-corrected chi connectivity index (χ0v) is 10.3. The van der Waals surface area contributed by atoms with Gasteiger partial charge in [-0.25, -0.2) is 0 Å². The number of carboxylic acids is 1. The average Bonchev–Trinajstić information content (AvgIpc) is 2.14. The van der Waals surface area contributed by atoms with Crippen LogP contribution in [0.3, 0.4) is 0 Å². The predicted octanol–water partition coefficient (Wildman–Crippen LogP) is 3.17. The smallest absolute Gasteiger partial charge is 0.310 e. The fourth-order valence-electron chi connectivity index (χ4n) is 5.50. The molecule has 0 amide bonds. The Morgan fingerprint density at radius 2 is 1.50 bits per heavy atom. The van der Waals surface area contributed by atoms with Gasteiger partial charge in [-0.2, -0.15) is 0 Å². The minimum Gasteiger partial charge on any atom is -0.481 e. The summed E-state index contributed by atoms with van der Waals surface area (Å²) in [6, 6.07) is 0. The maximum atomic E-state index is 11.9. The van der Waals surface area contributed by atoms with Crippen molar-refractivity contribution in [3.63, 3.8) is 0 Å². The normalized spacial score (nSPS) is 49.9. The molecule has 0 radical (unpaired) electrons. The zero-order chi connectivity index (χ0) is 11.5. The summed E-state index contributed by atoms with van der Waals surface area (Å²) < 4.78 is 0. The molecule has 0 aromatic rings. The van der Waals surface area contributed by atoms with Crippen LogP contribution in [-0.4, -0.2) is 11.1 Å². The highest BCUT2D eigenvalue weighted by Gasteiger charge is 2.62. The molecule has 1 N–H and O–H groups in total. The molecule has 2 nitrogen and oxygen atoms in total. The monoisotopic (exact) mass is 222 g/mol. The lowest BCUT2D eigenvalue weighted by Gasteiger charge is -2.60. The average molecular weight is 222 g/mol. The van der Waals surface area contributed by atoms with Crippen molar-refractivity contribution in [2.45, 2.75) is 46.0 Å². The van der Waals surface area contributed by atoms with Gasteiger partial charge in [-0.15, -0.1) is 0 Å². The van der Waals surface area contributed by atoms with E-state index in [1.165, 1.54) is 32.1 Å². The van der Waals surface area contributed by atoms with Crippen molar-refractivity contribution in [1.82, 2.24) is 0 Å². The Balaban J connectivity index is 2.03. The first-order valence-corrected chi connectivity index (χ1v) is 6.78. The molecule has 0 spiro atoms. The van der Waals surface area contributed by atoms with Gasteiger partial charge in [0.15, 0.2) is 0 Å². The predicted molar refractivity (Wildman–Crippen MR) is 62.0 cm³/mol. The molecule has 2 heteroatoms. The third kappa shape index (κ3) is 1.11. The summed E-state index contributed by atoms with van der Waals surface area (Å²) in [5, 5.41) is 9.77. The van der Waals surface area contributed by atoms with Crippen molar-refractivity contribution in [1.29, 1.82) is 0 Å². The van der Waals surface area contributed by atoms with E-state index < -0.39 is 5.97 Å². The number of rotatable bonds is 2. The van der Waals surface area contributed by atoms with E-state index in [-0.39, 0.29) is 5.41 Å². The topological polar surface area (TPSA) is 37.3 Å². The van der Waals surface area contributed by atoms with Gasteiger partial charge < -0.3 is 5.11 Å². The SMILES string of the molecule is CC(C)C1(C(=O)O)C2CC3CC(C2)CC1C3. The standard InChI is InChI=1S/C14H22O2/c1-8(2)14(13(15)16)11-4-9-3-10(6-11)7-12(14)5-9/h8-12H,3-7H2,1-2H3,(H,15,16). The Bertz CT molecular complexity index is 291. The molecule has 0 aliphatic heterocycles. The van der Waals surface area contributed by atoms with Crippen LogP contribution in [0.15, 0.2) is 0 Å². The molecular weight excluding hydrogens is 200 g/mol. The molecule has 0 aromatic heterocycles. The van der Waals surface area contributed by atoms with Crippen LogP contribution in [0.5, 0.6) is 0 Å². The summed E-state index contributed by atoms with van der Waals surface area (Å²) in [5.41, 5.74) is -0.382. The van der Waals surface area contributed by atoms with Crippen molar-refractivity contribution in [3.05, 3.63) is 0 Å². The van der Waals surface area contributed by atoms with Crippen molar-refractivity contribution in [2.75, 3.05) is 0 Å². The summed E-state index contributed by atoms with van der Waals surface area (Å²) >= 11 is 0. The van der Waals surface area contributed by atoms with Crippen LogP contribution in [0.2, 0.25) is 0 Å². The molecule has 4 saturated carbocycles. The summed E-state index contributed by atoms with van der Waals surface area (Å²) in [4.78, 5) is 11.9. The Morgan fingerprint density at radius 3 is 1.81 bits per heavy atom. The number of carboxylic acid groups (broad SMARTS) is 1. The zero-order valence-electron chi connectivity index (χ0n) is 10.3. The maximum Gasteiger partial charge on any atom is 0.310 e. The van der Waals surface area contributed by atoms with E-state index in [4.69, 9.17) is 0 Å². The molecular formula is C14H22O2. The minimum absolute atomic E-state index is 0.292. The molecule has 16 heavy (non-hydrogen) atoms. The van der Waals surface area contributed by atoms with E-state index in [9.17, 15) is 9.90 Å². The van der Waals surface area contributed by atoms with Crippen molar-refractivity contribution in [2.24, 2.45) is 35.0 Å². The first-order valence-electron chi connectivity index (χ1n) is 6.78. The van der Waals surface area contributed by atoms with Crippen LogP contribution >= 0.6 is 0 Å². The summed E-state index contributed by atoms with van der Waals surface area (Å²) in [6.07, 6.45) is 6.16. The van der Waals surface area contributed by atoms with Gasteiger partial charge >= 0.3 is 5.97 Å². The van der Waals surface area contributed by atoms with E-state index in [1.807, 2.05) is 0 Å². The molecule has 4 fully saturated rings. The molecule has 90 valence electrons. The number of carbonyl (C=O) groups is 1. The molecule has 0 aromatic carbocycles. The van der Waals surface area contributed by atoms with Gasteiger partial charge in [-0.3, -0.25) is 4.79 Å². The highest BCUT2D eigenvalue weighted by atomic mass is 16.4. The molecule has 0 unspecified atom stereocenters. The maximum absolute atomic E-state index is 11.9. The molecule has 4 aliphatic carbocycles. The van der Waals surface area contributed by atoms with Gasteiger partial charge in [0.2, 0.25) is 0 Å². The third-order valence-electron chi connectivity index (χ3n) is 5.81. The van der Waals surface area contributed by atoms with E-state index in [0.717, 1.165) is 11.8 Å². The highest BCUT2D eigenvalue weighted by Crippen LogP contribution is 2.64. The van der Waals surface area contributed by atoms with Gasteiger partial charge in [0, 0.05) is 0 Å². The van der Waals surface area contributed by atoms with Gasteiger partial charge in [-0.05, 0) is 61.7 Å². The second-order valence-corrected chi connectivity index (χ2v) is 6.70. The Kier molecular flexibility index (Phi) is 2.15. The molecule has 4 aliphatic rings. The van der Waals surface area contributed by atoms with Crippen LogP contribution in [-0.2, 0) is 4.79 Å². The van der Waals surface area contributed by atoms with Gasteiger partial charge in [0.25, 0.3) is 0 Å². The van der Waals surface area contributed by atoms with E-state index in [0.29, 0.717) is 17.8 Å². The molecule has 4 rings (SSSR count). The quantitative estimate of drug-likeness (QED) is 0.779. The van der Waals surface area contributed by atoms with Crippen molar-refractivity contribution < 1.29 is 9.90 Å². The van der Waals surface area contributed by atoms with Crippen molar-refractivity contribution >= 4 is 5.97 Å². The lowest BCUT2D eigenvalue weighted by molar-refractivity contribution is -0.186. The van der Waals surface area contributed by atoms with Crippen LogP contribution in [0.25, 0.3) is 0 Å². The summed E-state index contributed by atoms with van der Waals surface area (Å²) in [6.45, 7) is 4.24. The van der Waals surface area contributed by atoms with Crippen LogP contribution < -0.4 is 0 Å². The summed E-state index contributed by atoms with van der Waals surface area (Å²) in [5.74, 6) is 2.45. The lowest BCUT2D eigenvalue weighted by atomic mass is 9.43. The molecule has 0 saturated heterocycles. The van der Waals surface area contributed by atoms with Gasteiger partial charge in [0.05, 0.1) is 5.41 Å². The minimum atomic E-state index is -0.503. The van der Waals surface area contributed by atoms with Crippen molar-refractivity contribution in [3.8, 4) is 0 Å². The Hall–Kier alpha value is -0.530. The lowest BCUT2D eigenvalue weighted by Crippen LogP contribution is -2.59. The van der Waals surface area contributed by atoms with Gasteiger partial charge in [-0.1, -0.05) is 13.8 Å². The number of hydrogen-bond acceptors (Lipinski definition) is 1. The molecule has 0 atom stereocenters. The van der Waals surface area contributed by atoms with Crippen LogP contribution in [0.1, 0.15) is 46.0 Å². The summed E-state index contributed by atoms with van der Waals surface area (Å²) in [7, 11) is 0. The Morgan fingerprint density at radius 1 is 1.06 bits per heavy atom. The number of aliphatic carboxylic acids is 1. The van der Waals surface area contributed by atoms with E-state index in [1.54, 1.807) is 0 Å². The second kappa shape index (κ2) is 3.24. The first-order chi connectivity index (χ1) is 7.55. The first kappa shape index (κ1) is 10.6. The fourth-order valence-corrected chi connectivity index (χ4v) is 5.50. The van der Waals surface area contributed by atoms with Gasteiger partial charge in [0.1, 0.15) is 0 Å². The number of hydrogen-bond donors (Lipinski definition) is 1. The van der Waals surface area contributed by atoms with Crippen LogP contribution in [0, 0.1) is 35.0 Å². The van der Waals surface area contributed by atoms with E-state index in [2.05, 4.69) is 13.8 Å². The fraction of sp³-hybridized carbons (Fsp3) is 0.929.